The van der Waals surface area contributed by atoms with E-state index in [-0.39, 0.29) is 0 Å². The van der Waals surface area contributed by atoms with E-state index >= 15 is 0 Å². The van der Waals surface area contributed by atoms with Crippen LogP contribution in [0.25, 0.3) is 0 Å². The molecule has 0 saturated heterocycles. The Morgan fingerprint density at radius 2 is 1.60 bits per heavy atom. The Morgan fingerprint density at radius 3 is 2.00 bits per heavy atom. The molecule has 2 unspecified atom stereocenters. The minimum Gasteiger partial charge on any atom is -0.288 e. The van der Waals surface area contributed by atoms with Crippen molar-refractivity contribution in [2.45, 2.75) is 5.78 Å². The van der Waals surface area contributed by atoms with Crippen molar-refractivity contribution in [2.75, 3.05) is 0 Å². The standard InChI is InChI=1S/C10H7NO3P/c12-5-8(15)11-9(13)6-3-1-2-4-7(6)10(11)14/h1-4,8H,15H2. The number of nitrogens with zero attached hydrogens (tertiary/aromatic N) is 1. The molecule has 0 spiro atoms. The van der Waals surface area contributed by atoms with Crippen molar-refractivity contribution < 1.29 is 14.4 Å². The molecule has 0 aromatic heterocycles. The predicted octanol–water partition coefficient (Wildman–Crippen LogP) is 0.593. The Morgan fingerprint density at radius 1 is 1.13 bits per heavy atom. The van der Waals surface area contributed by atoms with Gasteiger partial charge >= 0.3 is 0 Å². The van der Waals surface area contributed by atoms with Crippen LogP contribution in [0.15, 0.2) is 24.3 Å². The molecule has 1 aliphatic rings. The lowest BCUT2D eigenvalue weighted by Crippen LogP contribution is -2.36. The molecule has 75 valence electrons. The van der Waals surface area contributed by atoms with E-state index in [1.165, 1.54) is 0 Å². The minimum absolute atomic E-state index is 0.338. The van der Waals surface area contributed by atoms with Crippen molar-refractivity contribution in [3.8, 4) is 0 Å². The summed E-state index contributed by atoms with van der Waals surface area (Å²) in [5, 5.41) is 0. The van der Waals surface area contributed by atoms with Gasteiger partial charge in [0.15, 0.2) is 0 Å². The maximum atomic E-state index is 11.7. The van der Waals surface area contributed by atoms with Crippen LogP contribution < -0.4 is 0 Å². The molecule has 0 saturated carbocycles. The Labute approximate surface area is 88.5 Å². The summed E-state index contributed by atoms with van der Waals surface area (Å²) in [5.41, 5.74) is 0.676. The number of benzene rings is 1. The van der Waals surface area contributed by atoms with E-state index in [0.717, 1.165) is 4.90 Å². The molecule has 0 N–H and O–H groups in total. The van der Waals surface area contributed by atoms with Gasteiger partial charge in [0.25, 0.3) is 11.8 Å². The molecule has 15 heavy (non-hydrogen) atoms. The first-order valence-corrected chi connectivity index (χ1v) is 4.93. The van der Waals surface area contributed by atoms with Gasteiger partial charge in [-0.15, -0.1) is 9.24 Å². The zero-order chi connectivity index (χ0) is 11.0. The maximum absolute atomic E-state index is 11.7. The summed E-state index contributed by atoms with van der Waals surface area (Å²) in [5.74, 6) is -1.81. The summed E-state index contributed by atoms with van der Waals surface area (Å²) in [6, 6.07) is 6.49. The predicted molar refractivity (Wildman–Crippen MR) is 56.1 cm³/mol. The summed E-state index contributed by atoms with van der Waals surface area (Å²) in [7, 11) is 2.11. The molecule has 1 aliphatic heterocycles. The van der Waals surface area contributed by atoms with Crippen LogP contribution in [-0.4, -0.2) is 28.8 Å². The van der Waals surface area contributed by atoms with Gasteiger partial charge < -0.3 is 0 Å². The van der Waals surface area contributed by atoms with Crippen molar-refractivity contribution in [2.24, 2.45) is 0 Å². The summed E-state index contributed by atoms with van der Waals surface area (Å²) in [4.78, 5) is 34.8. The van der Waals surface area contributed by atoms with Crippen LogP contribution in [-0.2, 0) is 4.79 Å². The van der Waals surface area contributed by atoms with Gasteiger partial charge in [-0.3, -0.25) is 19.3 Å². The number of hydrogen-bond donors (Lipinski definition) is 0. The molecule has 1 aromatic rings. The van der Waals surface area contributed by atoms with Gasteiger partial charge in [-0.05, 0) is 12.1 Å². The first-order valence-electron chi connectivity index (χ1n) is 4.27. The zero-order valence-electron chi connectivity index (χ0n) is 7.64. The lowest BCUT2D eigenvalue weighted by molar-refractivity contribution is 0.0662. The van der Waals surface area contributed by atoms with E-state index in [1.807, 2.05) is 0 Å². The lowest BCUT2D eigenvalue weighted by Gasteiger charge is -2.15. The smallest absolute Gasteiger partial charge is 0.262 e. The molecule has 4 nitrogen and oxygen atoms in total. The van der Waals surface area contributed by atoms with Crippen LogP contribution in [0.1, 0.15) is 20.7 Å². The van der Waals surface area contributed by atoms with Crippen LogP contribution >= 0.6 is 9.24 Å². The molecule has 5 heteroatoms. The maximum Gasteiger partial charge on any atom is 0.262 e. The van der Waals surface area contributed by atoms with Crippen molar-refractivity contribution in [1.82, 2.24) is 4.90 Å². The molecule has 0 fully saturated rings. The SMILES string of the molecule is O=[C]C(P)N1C(=O)c2ccccc2C1=O. The first kappa shape index (κ1) is 9.99. The van der Waals surface area contributed by atoms with Gasteiger partial charge in [-0.2, -0.15) is 0 Å². The van der Waals surface area contributed by atoms with Crippen LogP contribution in [0.4, 0.5) is 0 Å². The number of fused-ring (bicyclic) bond motifs is 1. The summed E-state index contributed by atoms with van der Waals surface area (Å²) >= 11 is 0. The second-order valence-corrected chi connectivity index (χ2v) is 3.72. The van der Waals surface area contributed by atoms with Gasteiger partial charge in [0.05, 0.1) is 11.1 Å². The fourth-order valence-electron chi connectivity index (χ4n) is 1.51. The van der Waals surface area contributed by atoms with Crippen molar-refractivity contribution in [3.05, 3.63) is 35.4 Å². The van der Waals surface area contributed by atoms with E-state index in [0.29, 0.717) is 11.1 Å². The highest BCUT2D eigenvalue weighted by atomic mass is 31.0. The Balaban J connectivity index is 2.50. The van der Waals surface area contributed by atoms with E-state index < -0.39 is 17.6 Å². The summed E-state index contributed by atoms with van der Waals surface area (Å²) in [6.07, 6.45) is 1.60. The third-order valence-electron chi connectivity index (χ3n) is 2.22. The molecular formula is C10H7NO3P. The van der Waals surface area contributed by atoms with Crippen molar-refractivity contribution in [3.63, 3.8) is 0 Å². The number of imide groups is 1. The molecular weight excluding hydrogens is 213 g/mol. The number of amides is 2. The molecule has 2 amide bonds. The molecule has 1 aromatic carbocycles. The quantitative estimate of drug-likeness (QED) is 0.541. The van der Waals surface area contributed by atoms with Gasteiger partial charge in [0.1, 0.15) is 5.78 Å². The summed E-state index contributed by atoms with van der Waals surface area (Å²) in [6.45, 7) is 0. The van der Waals surface area contributed by atoms with E-state index in [9.17, 15) is 14.4 Å². The highest BCUT2D eigenvalue weighted by Gasteiger charge is 2.38. The molecule has 2 atom stereocenters. The molecule has 0 bridgehead atoms. The largest absolute Gasteiger partial charge is 0.288 e. The van der Waals surface area contributed by atoms with Crippen LogP contribution in [0.3, 0.4) is 0 Å². The third kappa shape index (κ3) is 1.38. The number of rotatable bonds is 2. The lowest BCUT2D eigenvalue weighted by atomic mass is 10.1. The van der Waals surface area contributed by atoms with Gasteiger partial charge in [0, 0.05) is 0 Å². The normalized spacial score (nSPS) is 16.5. The Bertz CT molecular complexity index is 423. The topological polar surface area (TPSA) is 54.5 Å². The molecule has 1 heterocycles. The average Bonchev–Trinajstić information content (AvgIpc) is 2.52. The monoisotopic (exact) mass is 220 g/mol. The fourth-order valence-corrected chi connectivity index (χ4v) is 1.78. The van der Waals surface area contributed by atoms with Crippen molar-refractivity contribution >= 4 is 27.3 Å². The molecule has 0 aliphatic carbocycles. The van der Waals surface area contributed by atoms with Crippen molar-refractivity contribution in [1.29, 1.82) is 0 Å². The molecule has 2 rings (SSSR count). The van der Waals surface area contributed by atoms with E-state index in [4.69, 9.17) is 0 Å². The van der Waals surface area contributed by atoms with Crippen LogP contribution in [0.5, 0.6) is 0 Å². The second kappa shape index (κ2) is 3.55. The van der Waals surface area contributed by atoms with Crippen LogP contribution in [0, 0.1) is 0 Å². The van der Waals surface area contributed by atoms with Gasteiger partial charge in [-0.1, -0.05) is 12.1 Å². The number of carbonyl (C=O) groups is 2. The third-order valence-corrected chi connectivity index (χ3v) is 2.66. The Kier molecular flexibility index (Phi) is 2.37. The number of carbonyl (C=O) groups excluding carboxylic acids is 3. The van der Waals surface area contributed by atoms with Gasteiger partial charge in [-0.25, -0.2) is 0 Å². The highest BCUT2D eigenvalue weighted by Crippen LogP contribution is 2.25. The zero-order valence-corrected chi connectivity index (χ0v) is 8.79. The van der Waals surface area contributed by atoms with E-state index in [1.54, 1.807) is 30.6 Å². The van der Waals surface area contributed by atoms with E-state index in [2.05, 4.69) is 9.24 Å². The minimum atomic E-state index is -0.919. The highest BCUT2D eigenvalue weighted by molar-refractivity contribution is 7.19. The Hall–Kier alpha value is -1.54. The number of hydrogen-bond acceptors (Lipinski definition) is 3. The van der Waals surface area contributed by atoms with Crippen LogP contribution in [0.2, 0.25) is 0 Å². The molecule has 1 radical (unpaired) electrons. The first-order chi connectivity index (χ1) is 7.16. The fraction of sp³-hybridized carbons (Fsp3) is 0.100. The van der Waals surface area contributed by atoms with Gasteiger partial charge in [0.2, 0.25) is 6.29 Å². The average molecular weight is 220 g/mol. The summed E-state index contributed by atoms with van der Waals surface area (Å²) < 4.78 is 0. The second-order valence-electron chi connectivity index (χ2n) is 3.09.